The highest BCUT2D eigenvalue weighted by molar-refractivity contribution is 7.99. The summed E-state index contributed by atoms with van der Waals surface area (Å²) in [5.41, 5.74) is 0.749. The molecule has 0 spiro atoms. The molecule has 0 saturated heterocycles. The third-order valence-electron chi connectivity index (χ3n) is 3.46. The van der Waals surface area contributed by atoms with Gasteiger partial charge in [0.1, 0.15) is 11.9 Å². The maximum atomic E-state index is 10.8. The van der Waals surface area contributed by atoms with Crippen LogP contribution in [-0.4, -0.2) is 15.7 Å². The van der Waals surface area contributed by atoms with Crippen molar-refractivity contribution in [3.63, 3.8) is 0 Å². The highest BCUT2D eigenvalue weighted by Gasteiger charge is 2.22. The number of pyridine rings is 1. The number of nitriles is 1. The van der Waals surface area contributed by atoms with Crippen LogP contribution in [-0.2, 0) is 0 Å². The summed E-state index contributed by atoms with van der Waals surface area (Å²) in [6, 6.07) is 12.9. The van der Waals surface area contributed by atoms with Crippen molar-refractivity contribution in [2.45, 2.75) is 17.4 Å². The lowest BCUT2D eigenvalue weighted by atomic mass is 10.0. The third-order valence-corrected chi connectivity index (χ3v) is 4.58. The van der Waals surface area contributed by atoms with Crippen LogP contribution in [0.15, 0.2) is 41.3 Å². The number of nitro groups is 1. The minimum atomic E-state index is -0.595. The third kappa shape index (κ3) is 2.73. The first-order valence-electron chi connectivity index (χ1n) is 6.73. The fraction of sp³-hybridized carbons (Fsp3) is 0.200. The molecule has 2 aromatic rings. The van der Waals surface area contributed by atoms with Crippen molar-refractivity contribution in [2.24, 2.45) is 0 Å². The Balaban J connectivity index is 1.89. The van der Waals surface area contributed by atoms with E-state index >= 15 is 0 Å². The molecule has 3 rings (SSSR count). The van der Waals surface area contributed by atoms with Gasteiger partial charge in [0.05, 0.1) is 11.0 Å². The molecule has 0 saturated carbocycles. The highest BCUT2D eigenvalue weighted by Crippen LogP contribution is 2.37. The number of hydrogen-bond donors (Lipinski definition) is 1. The normalized spacial score (nSPS) is 16.4. The lowest BCUT2D eigenvalue weighted by Crippen LogP contribution is -2.17. The van der Waals surface area contributed by atoms with Gasteiger partial charge >= 0.3 is 5.69 Å². The summed E-state index contributed by atoms with van der Waals surface area (Å²) in [5.74, 6) is 1.47. The first-order valence-corrected chi connectivity index (χ1v) is 7.71. The van der Waals surface area contributed by atoms with Crippen LogP contribution in [0.3, 0.4) is 0 Å². The second kappa shape index (κ2) is 6.03. The summed E-state index contributed by atoms with van der Waals surface area (Å²) in [5, 5.41) is 23.1. The first-order chi connectivity index (χ1) is 10.7. The van der Waals surface area contributed by atoms with Crippen LogP contribution < -0.4 is 5.32 Å². The molecule has 0 aliphatic carbocycles. The molecule has 0 bridgehead atoms. The van der Waals surface area contributed by atoms with Gasteiger partial charge in [-0.1, -0.05) is 18.2 Å². The van der Waals surface area contributed by atoms with Crippen LogP contribution in [0.5, 0.6) is 0 Å². The molecule has 22 heavy (non-hydrogen) atoms. The number of anilines is 1. The standard InChI is InChI=1S/C15H12N4O2S/c16-9-12-13(19(20)21)5-6-15(18-12)17-11-7-8-22-14-4-2-1-3-10(11)14/h1-6,11H,7-8H2,(H,17,18). The summed E-state index contributed by atoms with van der Waals surface area (Å²) in [7, 11) is 0. The number of nitrogens with one attached hydrogen (secondary N) is 1. The van der Waals surface area contributed by atoms with Crippen LogP contribution in [0.1, 0.15) is 23.7 Å². The van der Waals surface area contributed by atoms with Gasteiger partial charge in [-0.15, -0.1) is 11.8 Å². The van der Waals surface area contributed by atoms with Gasteiger partial charge in [-0.2, -0.15) is 5.26 Å². The van der Waals surface area contributed by atoms with E-state index in [0.717, 1.165) is 12.2 Å². The number of benzene rings is 1. The monoisotopic (exact) mass is 312 g/mol. The Kier molecular flexibility index (Phi) is 3.94. The Labute approximate surface area is 131 Å². The maximum absolute atomic E-state index is 10.8. The molecule has 1 aliphatic heterocycles. The van der Waals surface area contributed by atoms with E-state index in [1.54, 1.807) is 12.1 Å². The predicted molar refractivity (Wildman–Crippen MR) is 83.8 cm³/mol. The van der Waals surface area contributed by atoms with Crippen molar-refractivity contribution in [1.29, 1.82) is 5.26 Å². The molecule has 0 amide bonds. The molecule has 0 radical (unpaired) electrons. The van der Waals surface area contributed by atoms with E-state index < -0.39 is 4.92 Å². The summed E-state index contributed by atoms with van der Waals surface area (Å²) >= 11 is 1.81. The Morgan fingerprint density at radius 1 is 1.36 bits per heavy atom. The van der Waals surface area contributed by atoms with E-state index in [-0.39, 0.29) is 17.4 Å². The number of rotatable bonds is 3. The topological polar surface area (TPSA) is 91.8 Å². The van der Waals surface area contributed by atoms with Crippen molar-refractivity contribution < 1.29 is 4.92 Å². The lowest BCUT2D eigenvalue weighted by Gasteiger charge is -2.26. The van der Waals surface area contributed by atoms with Gasteiger partial charge in [-0.25, -0.2) is 4.98 Å². The molecular weight excluding hydrogens is 300 g/mol. The number of aromatic nitrogens is 1. The number of fused-ring (bicyclic) bond motifs is 1. The first kappa shape index (κ1) is 14.4. The quantitative estimate of drug-likeness (QED) is 0.688. The summed E-state index contributed by atoms with van der Waals surface area (Å²) in [4.78, 5) is 15.5. The Morgan fingerprint density at radius 3 is 2.95 bits per heavy atom. The van der Waals surface area contributed by atoms with Crippen molar-refractivity contribution in [2.75, 3.05) is 11.1 Å². The minimum absolute atomic E-state index is 0.0953. The SMILES string of the molecule is N#Cc1nc(NC2CCSc3ccccc32)ccc1[N+](=O)[O-]. The minimum Gasteiger partial charge on any atom is -0.363 e. The van der Waals surface area contributed by atoms with Gasteiger partial charge in [-0.3, -0.25) is 10.1 Å². The average molecular weight is 312 g/mol. The van der Waals surface area contributed by atoms with Gasteiger partial charge < -0.3 is 5.32 Å². The number of nitrogens with zero attached hydrogens (tertiary/aromatic N) is 3. The van der Waals surface area contributed by atoms with Crippen molar-refractivity contribution in [3.8, 4) is 6.07 Å². The van der Waals surface area contributed by atoms with Gasteiger partial charge in [0.25, 0.3) is 0 Å². The van der Waals surface area contributed by atoms with Crippen molar-refractivity contribution in [3.05, 3.63) is 57.8 Å². The fourth-order valence-corrected chi connectivity index (χ4v) is 3.56. The molecule has 1 unspecified atom stereocenters. The Bertz CT molecular complexity index is 772. The Hall–Kier alpha value is -2.59. The second-order valence-corrected chi connectivity index (χ2v) is 5.94. The van der Waals surface area contributed by atoms with Crippen LogP contribution in [0.25, 0.3) is 0 Å². The predicted octanol–water partition coefficient (Wildman–Crippen LogP) is 3.51. The largest absolute Gasteiger partial charge is 0.363 e. The van der Waals surface area contributed by atoms with Gasteiger partial charge in [0, 0.05) is 16.7 Å². The van der Waals surface area contributed by atoms with Gasteiger partial charge in [0.15, 0.2) is 0 Å². The molecule has 7 heteroatoms. The number of hydrogen-bond acceptors (Lipinski definition) is 6. The van der Waals surface area contributed by atoms with E-state index in [0.29, 0.717) is 5.82 Å². The molecule has 110 valence electrons. The van der Waals surface area contributed by atoms with E-state index in [2.05, 4.69) is 22.4 Å². The van der Waals surface area contributed by atoms with Crippen molar-refractivity contribution in [1.82, 2.24) is 4.98 Å². The molecule has 1 N–H and O–H groups in total. The van der Waals surface area contributed by atoms with Crippen LogP contribution >= 0.6 is 11.8 Å². The fourth-order valence-electron chi connectivity index (χ4n) is 2.43. The Morgan fingerprint density at radius 2 is 2.18 bits per heavy atom. The van der Waals surface area contributed by atoms with Crippen LogP contribution in [0.4, 0.5) is 11.5 Å². The molecule has 0 fully saturated rings. The summed E-state index contributed by atoms with van der Waals surface area (Å²) in [6.45, 7) is 0. The summed E-state index contributed by atoms with van der Waals surface area (Å²) < 4.78 is 0. The molecule has 1 aliphatic rings. The van der Waals surface area contributed by atoms with Crippen LogP contribution in [0.2, 0.25) is 0 Å². The van der Waals surface area contributed by atoms with E-state index in [4.69, 9.17) is 5.26 Å². The highest BCUT2D eigenvalue weighted by atomic mass is 32.2. The molecule has 6 nitrogen and oxygen atoms in total. The van der Waals surface area contributed by atoms with Gasteiger partial charge in [0.2, 0.25) is 5.69 Å². The molecule has 1 aromatic carbocycles. The lowest BCUT2D eigenvalue weighted by molar-refractivity contribution is -0.385. The number of thioether (sulfide) groups is 1. The smallest absolute Gasteiger partial charge is 0.305 e. The molecule has 1 atom stereocenters. The average Bonchev–Trinajstić information content (AvgIpc) is 2.55. The molecule has 1 aromatic heterocycles. The maximum Gasteiger partial charge on any atom is 0.305 e. The van der Waals surface area contributed by atoms with Gasteiger partial charge in [-0.05, 0) is 24.1 Å². The van der Waals surface area contributed by atoms with E-state index in [1.165, 1.54) is 16.5 Å². The summed E-state index contributed by atoms with van der Waals surface area (Å²) in [6.07, 6.45) is 0.933. The zero-order chi connectivity index (χ0) is 15.5. The molecule has 2 heterocycles. The molecular formula is C15H12N4O2S. The zero-order valence-corrected chi connectivity index (χ0v) is 12.3. The van der Waals surface area contributed by atoms with Crippen LogP contribution in [0, 0.1) is 21.4 Å². The van der Waals surface area contributed by atoms with Crippen molar-refractivity contribution >= 4 is 23.3 Å². The zero-order valence-electron chi connectivity index (χ0n) is 11.5. The second-order valence-electron chi connectivity index (χ2n) is 4.81. The van der Waals surface area contributed by atoms with E-state index in [9.17, 15) is 10.1 Å². The van der Waals surface area contributed by atoms with E-state index in [1.807, 2.05) is 23.9 Å².